The summed E-state index contributed by atoms with van der Waals surface area (Å²) in [5.41, 5.74) is 11.9. The molecule has 0 radical (unpaired) electrons. The van der Waals surface area contributed by atoms with Gasteiger partial charge in [-0.05, 0) is 141 Å². The van der Waals surface area contributed by atoms with Crippen LogP contribution in [0.25, 0.3) is 22.5 Å². The number of rotatable bonds is 12. The molecule has 0 bridgehead atoms. The van der Waals surface area contributed by atoms with Crippen molar-refractivity contribution >= 4 is 23.3 Å². The first-order valence-electron chi connectivity index (χ1n) is 17.5. The van der Waals surface area contributed by atoms with Crippen molar-refractivity contribution in [3.63, 3.8) is 0 Å². The van der Waals surface area contributed by atoms with Crippen molar-refractivity contribution in [1.29, 1.82) is 0 Å². The molecule has 1 aromatic heterocycles. The number of benzene rings is 3. The van der Waals surface area contributed by atoms with Crippen molar-refractivity contribution in [2.45, 2.75) is 64.3 Å². The molecule has 1 saturated heterocycles. The summed E-state index contributed by atoms with van der Waals surface area (Å²) in [5.74, 6) is 0.213. The number of Topliss-reactive ketones (excluding diaryl/α,β-unsaturated/α-hetero) is 1. The molecule has 1 aliphatic carbocycles. The Labute approximate surface area is 287 Å². The number of nitrogens with two attached hydrogens (primary N) is 1. The average molecular weight is 663 g/mol. The van der Waals surface area contributed by atoms with E-state index in [-0.39, 0.29) is 36.0 Å². The zero-order valence-corrected chi connectivity index (χ0v) is 28.1. The Kier molecular flexibility index (Phi) is 11.2. The molecule has 4 aromatic rings. The summed E-state index contributed by atoms with van der Waals surface area (Å²) in [4.78, 5) is 40.7. The van der Waals surface area contributed by atoms with E-state index >= 15 is 0 Å². The number of nitrogens with zero attached hydrogens (tertiary/aromatic N) is 3. The van der Waals surface area contributed by atoms with Crippen molar-refractivity contribution in [2.75, 3.05) is 25.0 Å². The van der Waals surface area contributed by atoms with Crippen molar-refractivity contribution in [2.24, 2.45) is 23.5 Å². The number of nitrogens with one attached hydrogen (secondary N) is 4. The summed E-state index contributed by atoms with van der Waals surface area (Å²) in [6.45, 7) is 4.50. The van der Waals surface area contributed by atoms with Crippen LogP contribution in [0.3, 0.4) is 0 Å². The highest BCUT2D eigenvalue weighted by molar-refractivity contribution is 5.97. The quantitative estimate of drug-likeness (QED) is 0.144. The van der Waals surface area contributed by atoms with Crippen molar-refractivity contribution in [3.05, 3.63) is 83.4 Å². The molecule has 2 amide bonds. The van der Waals surface area contributed by atoms with E-state index in [1.54, 1.807) is 12.1 Å². The van der Waals surface area contributed by atoms with E-state index in [1.165, 1.54) is 0 Å². The Bertz CT molecular complexity index is 1730. The molecule has 11 heteroatoms. The second kappa shape index (κ2) is 16.1. The first-order valence-corrected chi connectivity index (χ1v) is 17.5. The fraction of sp³-hybridized carbons (Fsp3) is 0.421. The predicted molar refractivity (Wildman–Crippen MR) is 190 cm³/mol. The molecule has 6 N–H and O–H groups in total. The van der Waals surface area contributed by atoms with Crippen molar-refractivity contribution in [1.82, 2.24) is 31.3 Å². The number of anilines is 1. The molecule has 2 fully saturated rings. The summed E-state index contributed by atoms with van der Waals surface area (Å²) in [5, 5.41) is 23.6. The van der Waals surface area contributed by atoms with Gasteiger partial charge in [0, 0.05) is 41.1 Å². The highest BCUT2D eigenvalue weighted by Gasteiger charge is 2.30. The summed E-state index contributed by atoms with van der Waals surface area (Å²) >= 11 is 0. The summed E-state index contributed by atoms with van der Waals surface area (Å²) in [7, 11) is 0. The number of H-pyrrole nitrogens is 1. The molecule has 1 aliphatic heterocycles. The lowest BCUT2D eigenvalue weighted by molar-refractivity contribution is -0.129. The lowest BCUT2D eigenvalue weighted by Crippen LogP contribution is -2.42. The van der Waals surface area contributed by atoms with Gasteiger partial charge in [-0.3, -0.25) is 14.4 Å². The SMILES string of the molecule is Cc1ccc(C(=O)NC2CCNCC2)cc1-c1cccc(C[C@H](CC(=O)C2CCC(CN)CC2)C(=O)Nc2ccc(-c3nn[nH]n3)cc2)c1. The van der Waals surface area contributed by atoms with Crippen LogP contribution < -0.4 is 21.7 Å². The van der Waals surface area contributed by atoms with Crippen LogP contribution in [-0.2, 0) is 16.0 Å². The molecule has 0 unspecified atom stereocenters. The number of ketones is 1. The van der Waals surface area contributed by atoms with Crippen LogP contribution in [0.15, 0.2) is 66.7 Å². The van der Waals surface area contributed by atoms with Gasteiger partial charge in [0.05, 0.1) is 0 Å². The third-order valence-electron chi connectivity index (χ3n) is 10.1. The molecule has 3 aromatic carbocycles. The molecule has 256 valence electrons. The number of amides is 2. The number of tetrazole rings is 1. The van der Waals surface area contributed by atoms with E-state index in [9.17, 15) is 14.4 Å². The average Bonchev–Trinajstić information content (AvgIpc) is 3.68. The van der Waals surface area contributed by atoms with Gasteiger partial charge in [0.1, 0.15) is 5.78 Å². The fourth-order valence-corrected chi connectivity index (χ4v) is 7.08. The minimum Gasteiger partial charge on any atom is -0.349 e. The Morgan fingerprint density at radius 1 is 0.918 bits per heavy atom. The van der Waals surface area contributed by atoms with Crippen LogP contribution >= 0.6 is 0 Å². The molecule has 0 spiro atoms. The summed E-state index contributed by atoms with van der Waals surface area (Å²) < 4.78 is 0. The van der Waals surface area contributed by atoms with Crippen LogP contribution in [0, 0.1) is 24.7 Å². The number of carbonyl (C=O) groups is 3. The Balaban J connectivity index is 1.20. The first kappa shape index (κ1) is 34.1. The Hall–Kier alpha value is -4.74. The third-order valence-corrected chi connectivity index (χ3v) is 10.1. The monoisotopic (exact) mass is 662 g/mol. The third kappa shape index (κ3) is 8.84. The molecule has 49 heavy (non-hydrogen) atoms. The van der Waals surface area contributed by atoms with E-state index in [2.05, 4.69) is 42.6 Å². The van der Waals surface area contributed by atoms with Gasteiger partial charge >= 0.3 is 0 Å². The lowest BCUT2D eigenvalue weighted by Gasteiger charge is -2.28. The molecular formula is C38H46N8O3. The normalized spacial score (nSPS) is 18.8. The maximum atomic E-state index is 13.9. The minimum absolute atomic E-state index is 0.0416. The van der Waals surface area contributed by atoms with E-state index in [0.29, 0.717) is 36.0 Å². The van der Waals surface area contributed by atoms with Crippen molar-refractivity contribution in [3.8, 4) is 22.5 Å². The standard InChI is InChI=1S/C38H46N8O3/c1-24-5-8-30(37(48)42-33-15-17-40-18-16-33)21-34(24)29-4-2-3-26(19-29)20-31(22-35(47)27-9-6-25(23-39)7-10-27)38(49)41-32-13-11-28(12-14-32)36-43-45-46-44-36/h2-5,8,11-14,19,21,25,27,31,33,40H,6-7,9-10,15-18,20,22-23,39H2,1H3,(H,41,49)(H,42,48)(H,43,44,45,46)/t25?,27?,31-/m1/s1. The molecule has 6 rings (SSSR count). The molecule has 2 aliphatic rings. The number of aryl methyl sites for hydroxylation is 1. The highest BCUT2D eigenvalue weighted by atomic mass is 16.2. The highest BCUT2D eigenvalue weighted by Crippen LogP contribution is 2.32. The summed E-state index contributed by atoms with van der Waals surface area (Å²) in [6.07, 6.45) is 5.96. The maximum Gasteiger partial charge on any atom is 0.251 e. The van der Waals surface area contributed by atoms with Crippen LogP contribution in [0.4, 0.5) is 5.69 Å². The number of hydrogen-bond donors (Lipinski definition) is 5. The molecule has 1 saturated carbocycles. The van der Waals surface area contributed by atoms with Gasteiger partial charge in [-0.1, -0.05) is 30.3 Å². The largest absolute Gasteiger partial charge is 0.349 e. The fourth-order valence-electron chi connectivity index (χ4n) is 7.08. The van der Waals surface area contributed by atoms with Gasteiger partial charge in [-0.2, -0.15) is 5.21 Å². The van der Waals surface area contributed by atoms with Gasteiger partial charge in [-0.25, -0.2) is 0 Å². The van der Waals surface area contributed by atoms with Gasteiger partial charge in [0.15, 0.2) is 0 Å². The zero-order chi connectivity index (χ0) is 34.2. The maximum absolute atomic E-state index is 13.9. The second-order valence-corrected chi connectivity index (χ2v) is 13.6. The van der Waals surface area contributed by atoms with E-state index in [1.807, 2.05) is 55.5 Å². The van der Waals surface area contributed by atoms with E-state index in [0.717, 1.165) is 79.4 Å². The van der Waals surface area contributed by atoms with E-state index < -0.39 is 5.92 Å². The van der Waals surface area contributed by atoms with Gasteiger partial charge in [0.25, 0.3) is 5.91 Å². The Morgan fingerprint density at radius 2 is 1.69 bits per heavy atom. The topological polar surface area (TPSA) is 168 Å². The summed E-state index contributed by atoms with van der Waals surface area (Å²) in [6, 6.07) is 21.3. The van der Waals surface area contributed by atoms with Crippen molar-refractivity contribution < 1.29 is 14.4 Å². The minimum atomic E-state index is -0.560. The van der Waals surface area contributed by atoms with Crippen LogP contribution in [0.1, 0.15) is 66.4 Å². The van der Waals surface area contributed by atoms with Crippen LogP contribution in [0.5, 0.6) is 0 Å². The van der Waals surface area contributed by atoms with E-state index in [4.69, 9.17) is 5.73 Å². The molecule has 1 atom stereocenters. The van der Waals surface area contributed by atoms with Crippen LogP contribution in [0.2, 0.25) is 0 Å². The van der Waals surface area contributed by atoms with Gasteiger partial charge in [0.2, 0.25) is 11.7 Å². The second-order valence-electron chi connectivity index (χ2n) is 13.6. The van der Waals surface area contributed by atoms with Gasteiger partial charge in [-0.15, -0.1) is 10.2 Å². The lowest BCUT2D eigenvalue weighted by atomic mass is 9.77. The number of aromatic amines is 1. The molecule has 11 nitrogen and oxygen atoms in total. The molecule has 2 heterocycles. The Morgan fingerprint density at radius 3 is 2.41 bits per heavy atom. The zero-order valence-electron chi connectivity index (χ0n) is 28.1. The number of hydrogen-bond acceptors (Lipinski definition) is 8. The van der Waals surface area contributed by atoms with Gasteiger partial charge < -0.3 is 21.7 Å². The van der Waals surface area contributed by atoms with Crippen LogP contribution in [-0.4, -0.2) is 63.9 Å². The predicted octanol–water partition coefficient (Wildman–Crippen LogP) is 4.85. The number of piperidine rings is 1. The molecular weight excluding hydrogens is 616 g/mol. The first-order chi connectivity index (χ1) is 23.9. The number of aromatic nitrogens is 4. The number of carbonyl (C=O) groups excluding carboxylic acids is 3. The smallest absolute Gasteiger partial charge is 0.251 e.